The van der Waals surface area contributed by atoms with Gasteiger partial charge in [-0.1, -0.05) is 39.0 Å². The Hall–Kier alpha value is -1.26. The van der Waals surface area contributed by atoms with E-state index in [9.17, 15) is 4.79 Å². The number of thioether (sulfide) groups is 1. The minimum absolute atomic E-state index is 0.0818. The van der Waals surface area contributed by atoms with E-state index in [0.717, 1.165) is 4.90 Å². The second kappa shape index (κ2) is 7.34. The molecule has 0 aliphatic carbocycles. The summed E-state index contributed by atoms with van der Waals surface area (Å²) in [5.41, 5.74) is 1.47. The molecule has 0 unspecified atom stereocenters. The molecule has 2 aromatic rings. The summed E-state index contributed by atoms with van der Waals surface area (Å²) in [5, 5.41) is 4.92. The van der Waals surface area contributed by atoms with Gasteiger partial charge in [0.25, 0.3) is 0 Å². The SMILES string of the molecule is C[C@H](Sc1ccc(C(C)(C)C)cc1)C(=O)NCc1cccs1. The third-order valence-electron chi connectivity index (χ3n) is 3.42. The van der Waals surface area contributed by atoms with Crippen molar-refractivity contribution in [2.75, 3.05) is 0 Å². The van der Waals surface area contributed by atoms with Crippen molar-refractivity contribution < 1.29 is 4.79 Å². The van der Waals surface area contributed by atoms with Gasteiger partial charge in [-0.15, -0.1) is 23.1 Å². The largest absolute Gasteiger partial charge is 0.350 e. The van der Waals surface area contributed by atoms with Crippen molar-refractivity contribution in [3.8, 4) is 0 Å². The number of amides is 1. The number of carbonyl (C=O) groups is 1. The van der Waals surface area contributed by atoms with Gasteiger partial charge in [0.15, 0.2) is 0 Å². The lowest BCUT2D eigenvalue weighted by Crippen LogP contribution is -2.30. The van der Waals surface area contributed by atoms with Gasteiger partial charge in [-0.2, -0.15) is 0 Å². The van der Waals surface area contributed by atoms with E-state index in [-0.39, 0.29) is 16.6 Å². The zero-order chi connectivity index (χ0) is 16.2. The summed E-state index contributed by atoms with van der Waals surface area (Å²) in [7, 11) is 0. The van der Waals surface area contributed by atoms with Crippen LogP contribution in [0.15, 0.2) is 46.7 Å². The molecule has 0 saturated heterocycles. The Kier molecular flexibility index (Phi) is 5.70. The third-order valence-corrected chi connectivity index (χ3v) is 5.41. The topological polar surface area (TPSA) is 29.1 Å². The van der Waals surface area contributed by atoms with E-state index in [1.54, 1.807) is 23.1 Å². The standard InChI is InChI=1S/C18H23NOS2/c1-13(17(20)19-12-16-6-5-11-21-16)22-15-9-7-14(8-10-15)18(2,3)4/h5-11,13H,12H2,1-4H3,(H,19,20)/t13-/m0/s1. The van der Waals surface area contributed by atoms with E-state index in [0.29, 0.717) is 6.54 Å². The minimum atomic E-state index is -0.0968. The Labute approximate surface area is 141 Å². The molecular weight excluding hydrogens is 310 g/mol. The van der Waals surface area contributed by atoms with Crippen LogP contribution in [0.1, 0.15) is 38.1 Å². The Bertz CT molecular complexity index is 597. The zero-order valence-electron chi connectivity index (χ0n) is 13.6. The fourth-order valence-electron chi connectivity index (χ4n) is 2.02. The quantitative estimate of drug-likeness (QED) is 0.793. The number of rotatable bonds is 5. The van der Waals surface area contributed by atoms with Gasteiger partial charge in [0.2, 0.25) is 5.91 Å². The molecule has 22 heavy (non-hydrogen) atoms. The first-order valence-corrected chi connectivity index (χ1v) is 9.19. The monoisotopic (exact) mass is 333 g/mol. The van der Waals surface area contributed by atoms with Crippen molar-refractivity contribution in [2.45, 2.75) is 49.8 Å². The maximum atomic E-state index is 12.1. The highest BCUT2D eigenvalue weighted by Crippen LogP contribution is 2.27. The van der Waals surface area contributed by atoms with E-state index < -0.39 is 0 Å². The molecule has 2 rings (SSSR count). The second-order valence-electron chi connectivity index (χ2n) is 6.33. The number of hydrogen-bond donors (Lipinski definition) is 1. The van der Waals surface area contributed by atoms with Crippen molar-refractivity contribution in [1.29, 1.82) is 0 Å². The van der Waals surface area contributed by atoms with Crippen LogP contribution in [0.5, 0.6) is 0 Å². The molecule has 2 nitrogen and oxygen atoms in total. The van der Waals surface area contributed by atoms with Crippen molar-refractivity contribution in [3.05, 3.63) is 52.2 Å². The summed E-state index contributed by atoms with van der Waals surface area (Å²) in [6.07, 6.45) is 0. The summed E-state index contributed by atoms with van der Waals surface area (Å²) in [4.78, 5) is 14.5. The molecule has 0 radical (unpaired) electrons. The van der Waals surface area contributed by atoms with Crippen molar-refractivity contribution in [2.24, 2.45) is 0 Å². The van der Waals surface area contributed by atoms with Crippen LogP contribution in [0.25, 0.3) is 0 Å². The highest BCUT2D eigenvalue weighted by atomic mass is 32.2. The molecule has 1 N–H and O–H groups in total. The minimum Gasteiger partial charge on any atom is -0.350 e. The van der Waals surface area contributed by atoms with Crippen LogP contribution in [-0.2, 0) is 16.8 Å². The molecule has 4 heteroatoms. The third kappa shape index (κ3) is 4.89. The van der Waals surface area contributed by atoms with Gasteiger partial charge >= 0.3 is 0 Å². The fraction of sp³-hybridized carbons (Fsp3) is 0.389. The van der Waals surface area contributed by atoms with E-state index in [4.69, 9.17) is 0 Å². The van der Waals surface area contributed by atoms with Crippen molar-refractivity contribution >= 4 is 29.0 Å². The molecule has 0 aliphatic rings. The Morgan fingerprint density at radius 2 is 1.91 bits per heavy atom. The van der Waals surface area contributed by atoms with Gasteiger partial charge in [-0.25, -0.2) is 0 Å². The summed E-state index contributed by atoms with van der Waals surface area (Å²) >= 11 is 3.26. The average molecular weight is 334 g/mol. The highest BCUT2D eigenvalue weighted by Gasteiger charge is 2.16. The number of hydrogen-bond acceptors (Lipinski definition) is 3. The van der Waals surface area contributed by atoms with Gasteiger partial charge in [0, 0.05) is 9.77 Å². The van der Waals surface area contributed by atoms with Crippen LogP contribution in [0.3, 0.4) is 0 Å². The first-order chi connectivity index (χ1) is 10.4. The predicted molar refractivity (Wildman–Crippen MR) is 96.6 cm³/mol. The lowest BCUT2D eigenvalue weighted by atomic mass is 9.87. The van der Waals surface area contributed by atoms with E-state index in [1.165, 1.54) is 10.4 Å². The maximum absolute atomic E-state index is 12.1. The molecule has 0 fully saturated rings. The van der Waals surface area contributed by atoms with Gasteiger partial charge in [0.1, 0.15) is 0 Å². The van der Waals surface area contributed by atoms with E-state index in [2.05, 4.69) is 50.4 Å². The number of nitrogens with one attached hydrogen (secondary N) is 1. The molecule has 0 saturated carbocycles. The molecule has 1 amide bonds. The van der Waals surface area contributed by atoms with E-state index in [1.807, 2.05) is 24.4 Å². The average Bonchev–Trinajstić information content (AvgIpc) is 2.97. The van der Waals surface area contributed by atoms with Crippen LogP contribution in [0, 0.1) is 0 Å². The predicted octanol–water partition coefficient (Wildman–Crippen LogP) is 4.84. The van der Waals surface area contributed by atoms with Gasteiger partial charge < -0.3 is 5.32 Å². The van der Waals surface area contributed by atoms with E-state index >= 15 is 0 Å². The first-order valence-electron chi connectivity index (χ1n) is 7.43. The Morgan fingerprint density at radius 1 is 1.23 bits per heavy atom. The lowest BCUT2D eigenvalue weighted by molar-refractivity contribution is -0.120. The number of carbonyl (C=O) groups excluding carboxylic acids is 1. The van der Waals surface area contributed by atoms with Gasteiger partial charge in [-0.3, -0.25) is 4.79 Å². The molecule has 1 aromatic heterocycles. The summed E-state index contributed by atoms with van der Waals surface area (Å²) in [6, 6.07) is 12.6. The summed E-state index contributed by atoms with van der Waals surface area (Å²) in [5.74, 6) is 0.0818. The Morgan fingerprint density at radius 3 is 2.45 bits per heavy atom. The molecule has 118 valence electrons. The molecule has 0 spiro atoms. The van der Waals surface area contributed by atoms with Crippen LogP contribution < -0.4 is 5.32 Å². The van der Waals surface area contributed by atoms with Crippen LogP contribution in [-0.4, -0.2) is 11.2 Å². The number of benzene rings is 1. The van der Waals surface area contributed by atoms with Crippen molar-refractivity contribution in [3.63, 3.8) is 0 Å². The normalized spacial score (nSPS) is 12.9. The van der Waals surface area contributed by atoms with Gasteiger partial charge in [0.05, 0.1) is 11.8 Å². The molecule has 1 heterocycles. The second-order valence-corrected chi connectivity index (χ2v) is 8.78. The highest BCUT2D eigenvalue weighted by molar-refractivity contribution is 8.00. The van der Waals surface area contributed by atoms with Crippen LogP contribution in [0.2, 0.25) is 0 Å². The fourth-order valence-corrected chi connectivity index (χ4v) is 3.56. The maximum Gasteiger partial charge on any atom is 0.233 e. The zero-order valence-corrected chi connectivity index (χ0v) is 15.2. The van der Waals surface area contributed by atoms with Crippen LogP contribution in [0.4, 0.5) is 0 Å². The molecule has 1 atom stereocenters. The molecule has 1 aromatic carbocycles. The molecule has 0 bridgehead atoms. The van der Waals surface area contributed by atoms with Gasteiger partial charge in [-0.05, 0) is 41.5 Å². The first kappa shape index (κ1) is 17.1. The van der Waals surface area contributed by atoms with Crippen LogP contribution >= 0.6 is 23.1 Å². The Balaban J connectivity index is 1.88. The smallest absolute Gasteiger partial charge is 0.233 e. The summed E-state index contributed by atoms with van der Waals surface area (Å²) in [6.45, 7) is 9.18. The summed E-state index contributed by atoms with van der Waals surface area (Å²) < 4.78 is 0. The molecular formula is C18H23NOS2. The van der Waals surface area contributed by atoms with Crippen molar-refractivity contribution in [1.82, 2.24) is 5.32 Å². The molecule has 0 aliphatic heterocycles. The lowest BCUT2D eigenvalue weighted by Gasteiger charge is -2.19. The number of thiophene rings is 1.